The van der Waals surface area contributed by atoms with Crippen LogP contribution in [0.25, 0.3) is 0 Å². The van der Waals surface area contributed by atoms with Gasteiger partial charge in [-0.15, -0.1) is 11.3 Å². The number of carboxylic acid groups (broad SMARTS) is 1. The monoisotopic (exact) mass is 302 g/mol. The third-order valence-corrected chi connectivity index (χ3v) is 5.03. The molecule has 1 aliphatic rings. The summed E-state index contributed by atoms with van der Waals surface area (Å²) in [5, 5.41) is 13.4. The van der Waals surface area contributed by atoms with Crippen molar-refractivity contribution >= 4 is 22.4 Å². The molecule has 21 heavy (non-hydrogen) atoms. The Bertz CT molecular complexity index is 639. The number of carboxylic acids is 1. The minimum atomic E-state index is -0.761. The Morgan fingerprint density at radius 3 is 2.95 bits per heavy atom. The Morgan fingerprint density at radius 1 is 1.48 bits per heavy atom. The van der Waals surface area contributed by atoms with E-state index in [2.05, 4.69) is 29.4 Å². The molecule has 0 spiro atoms. The fraction of sp³-hybridized carbons (Fsp3) is 0.375. The molecule has 0 radical (unpaired) electrons. The molecule has 5 heteroatoms. The van der Waals surface area contributed by atoms with E-state index in [-0.39, 0.29) is 0 Å². The van der Waals surface area contributed by atoms with Crippen molar-refractivity contribution in [2.24, 2.45) is 0 Å². The van der Waals surface area contributed by atoms with Crippen molar-refractivity contribution in [1.29, 1.82) is 0 Å². The number of thiazole rings is 1. The highest BCUT2D eigenvalue weighted by atomic mass is 32.1. The molecule has 110 valence electrons. The molecule has 0 fully saturated rings. The van der Waals surface area contributed by atoms with Crippen LogP contribution in [0.4, 0.5) is 5.13 Å². The first kappa shape index (κ1) is 14.1. The molecule has 2 N–H and O–H groups in total. The van der Waals surface area contributed by atoms with Gasteiger partial charge in [0, 0.05) is 11.4 Å². The second kappa shape index (κ2) is 5.85. The average molecular weight is 302 g/mol. The standard InChI is InChI=1S/C16H18N2O2S/c1-10(11-5-3-2-4-6-11)9-17-16-18-14-12(15(19)20)7-8-13(14)21-16/h2-6,10,12H,7-9H2,1H3,(H,17,18)(H,19,20). The number of nitrogens with zero attached hydrogens (tertiary/aromatic N) is 1. The van der Waals surface area contributed by atoms with E-state index in [9.17, 15) is 9.90 Å². The lowest BCUT2D eigenvalue weighted by atomic mass is 10.0. The van der Waals surface area contributed by atoms with Crippen LogP contribution in [0.2, 0.25) is 0 Å². The molecule has 1 aromatic heterocycles. The van der Waals surface area contributed by atoms with Crippen LogP contribution in [0.5, 0.6) is 0 Å². The van der Waals surface area contributed by atoms with Crippen LogP contribution >= 0.6 is 11.3 Å². The molecule has 0 aliphatic heterocycles. The molecule has 1 aromatic carbocycles. The zero-order valence-electron chi connectivity index (χ0n) is 11.9. The van der Waals surface area contributed by atoms with Crippen molar-refractivity contribution in [3.63, 3.8) is 0 Å². The van der Waals surface area contributed by atoms with Gasteiger partial charge in [0.1, 0.15) is 5.92 Å². The first-order valence-electron chi connectivity index (χ1n) is 7.16. The highest BCUT2D eigenvalue weighted by Gasteiger charge is 2.32. The number of hydrogen-bond acceptors (Lipinski definition) is 4. The summed E-state index contributed by atoms with van der Waals surface area (Å²) in [4.78, 5) is 16.8. The van der Waals surface area contributed by atoms with Gasteiger partial charge in [-0.1, -0.05) is 37.3 Å². The molecule has 3 rings (SSSR count). The van der Waals surface area contributed by atoms with Crippen LogP contribution in [0.3, 0.4) is 0 Å². The number of rotatable bonds is 5. The molecular formula is C16H18N2O2S. The van der Waals surface area contributed by atoms with Crippen molar-refractivity contribution < 1.29 is 9.90 Å². The average Bonchev–Trinajstić information content (AvgIpc) is 3.05. The number of carbonyl (C=O) groups is 1. The van der Waals surface area contributed by atoms with Crippen molar-refractivity contribution in [2.45, 2.75) is 31.6 Å². The number of aliphatic carboxylic acids is 1. The van der Waals surface area contributed by atoms with E-state index in [0.717, 1.165) is 28.7 Å². The van der Waals surface area contributed by atoms with Gasteiger partial charge in [-0.3, -0.25) is 4.79 Å². The molecular weight excluding hydrogens is 284 g/mol. The number of nitrogens with one attached hydrogen (secondary N) is 1. The quantitative estimate of drug-likeness (QED) is 0.887. The maximum Gasteiger partial charge on any atom is 0.312 e. The highest BCUT2D eigenvalue weighted by molar-refractivity contribution is 7.15. The van der Waals surface area contributed by atoms with Gasteiger partial charge >= 0.3 is 5.97 Å². The first-order valence-corrected chi connectivity index (χ1v) is 7.98. The summed E-state index contributed by atoms with van der Waals surface area (Å²) in [5.41, 5.74) is 2.06. The zero-order chi connectivity index (χ0) is 14.8. The molecule has 0 amide bonds. The van der Waals surface area contributed by atoms with E-state index in [0.29, 0.717) is 12.3 Å². The molecule has 0 bridgehead atoms. The number of aromatic nitrogens is 1. The van der Waals surface area contributed by atoms with Crippen LogP contribution < -0.4 is 5.32 Å². The minimum Gasteiger partial charge on any atom is -0.481 e. The summed E-state index contributed by atoms with van der Waals surface area (Å²) in [5.74, 6) is -0.790. The third-order valence-electron chi connectivity index (χ3n) is 3.94. The van der Waals surface area contributed by atoms with E-state index >= 15 is 0 Å². The van der Waals surface area contributed by atoms with Crippen LogP contribution in [0.1, 0.15) is 41.3 Å². The predicted octanol–water partition coefficient (Wildman–Crippen LogP) is 3.47. The molecule has 1 aliphatic carbocycles. The lowest BCUT2D eigenvalue weighted by molar-refractivity contribution is -0.138. The molecule has 2 atom stereocenters. The Hall–Kier alpha value is -1.88. The SMILES string of the molecule is CC(CNc1nc2c(s1)CCC2C(=O)O)c1ccccc1. The third kappa shape index (κ3) is 2.93. The summed E-state index contributed by atoms with van der Waals surface area (Å²) in [6, 6.07) is 10.3. The maximum atomic E-state index is 11.2. The van der Waals surface area contributed by atoms with Gasteiger partial charge < -0.3 is 10.4 Å². The Kier molecular flexibility index (Phi) is 3.92. The van der Waals surface area contributed by atoms with Crippen LogP contribution in [0, 0.1) is 0 Å². The van der Waals surface area contributed by atoms with E-state index in [1.165, 1.54) is 5.56 Å². The molecule has 2 aromatic rings. The van der Waals surface area contributed by atoms with Gasteiger partial charge in [0.05, 0.1) is 5.69 Å². The summed E-state index contributed by atoms with van der Waals surface area (Å²) in [6.45, 7) is 2.97. The molecule has 1 heterocycles. The molecule has 0 saturated carbocycles. The maximum absolute atomic E-state index is 11.2. The smallest absolute Gasteiger partial charge is 0.312 e. The minimum absolute atomic E-state index is 0.389. The van der Waals surface area contributed by atoms with Gasteiger partial charge in [0.2, 0.25) is 0 Å². The van der Waals surface area contributed by atoms with Crippen molar-refractivity contribution in [3.8, 4) is 0 Å². The second-order valence-corrected chi connectivity index (χ2v) is 6.53. The number of hydrogen-bond donors (Lipinski definition) is 2. The van der Waals surface area contributed by atoms with Gasteiger partial charge in [-0.25, -0.2) is 4.98 Å². The van der Waals surface area contributed by atoms with E-state index in [4.69, 9.17) is 0 Å². The predicted molar refractivity (Wildman–Crippen MR) is 84.2 cm³/mol. The molecule has 4 nitrogen and oxygen atoms in total. The van der Waals surface area contributed by atoms with Crippen LogP contribution in [-0.2, 0) is 11.2 Å². The topological polar surface area (TPSA) is 62.2 Å². The van der Waals surface area contributed by atoms with Gasteiger partial charge in [0.25, 0.3) is 0 Å². The van der Waals surface area contributed by atoms with Crippen LogP contribution in [0.15, 0.2) is 30.3 Å². The number of anilines is 1. The van der Waals surface area contributed by atoms with Gasteiger partial charge in [-0.2, -0.15) is 0 Å². The lowest BCUT2D eigenvalue weighted by Gasteiger charge is -2.12. The number of fused-ring (bicyclic) bond motifs is 1. The summed E-state index contributed by atoms with van der Waals surface area (Å²) >= 11 is 1.59. The molecule has 2 unspecified atom stereocenters. The summed E-state index contributed by atoms with van der Waals surface area (Å²) < 4.78 is 0. The number of benzene rings is 1. The Morgan fingerprint density at radius 2 is 2.24 bits per heavy atom. The largest absolute Gasteiger partial charge is 0.481 e. The summed E-state index contributed by atoms with van der Waals surface area (Å²) in [6.07, 6.45) is 1.52. The first-order chi connectivity index (χ1) is 10.1. The highest BCUT2D eigenvalue weighted by Crippen LogP contribution is 2.38. The van der Waals surface area contributed by atoms with E-state index < -0.39 is 11.9 Å². The second-order valence-electron chi connectivity index (χ2n) is 5.45. The fourth-order valence-electron chi connectivity index (χ4n) is 2.68. The van der Waals surface area contributed by atoms with Crippen molar-refractivity contribution in [2.75, 3.05) is 11.9 Å². The Balaban J connectivity index is 1.65. The fourth-order valence-corrected chi connectivity index (χ4v) is 3.73. The molecule has 0 saturated heterocycles. The van der Waals surface area contributed by atoms with E-state index in [1.807, 2.05) is 18.2 Å². The zero-order valence-corrected chi connectivity index (χ0v) is 12.7. The Labute approximate surface area is 127 Å². The number of aryl methyl sites for hydroxylation is 1. The van der Waals surface area contributed by atoms with Gasteiger partial charge in [-0.05, 0) is 24.3 Å². The van der Waals surface area contributed by atoms with E-state index in [1.54, 1.807) is 11.3 Å². The summed E-state index contributed by atoms with van der Waals surface area (Å²) in [7, 11) is 0. The van der Waals surface area contributed by atoms with Crippen LogP contribution in [-0.4, -0.2) is 22.6 Å². The normalized spacial score (nSPS) is 18.2. The van der Waals surface area contributed by atoms with Crippen molar-refractivity contribution in [3.05, 3.63) is 46.5 Å². The van der Waals surface area contributed by atoms with Gasteiger partial charge in [0.15, 0.2) is 5.13 Å². The van der Waals surface area contributed by atoms with Crippen molar-refractivity contribution in [1.82, 2.24) is 4.98 Å². The lowest BCUT2D eigenvalue weighted by Crippen LogP contribution is -2.11.